The van der Waals surface area contributed by atoms with Gasteiger partial charge in [0.05, 0.1) is 11.6 Å². The molecule has 0 aromatic carbocycles. The molecule has 0 saturated carbocycles. The molecule has 6 nitrogen and oxygen atoms in total. The zero-order valence-corrected chi connectivity index (χ0v) is 12.0. The number of piperazine rings is 1. The summed E-state index contributed by atoms with van der Waals surface area (Å²) in [6.45, 7) is 6.43. The van der Waals surface area contributed by atoms with Crippen LogP contribution in [-0.4, -0.2) is 58.6 Å². The molecule has 1 aliphatic rings. The average Bonchev–Trinajstić information content (AvgIpc) is 2.30. The Kier molecular flexibility index (Phi) is 3.91. The zero-order valence-electron chi connectivity index (χ0n) is 12.0. The minimum Gasteiger partial charge on any atom is -0.493 e. The number of nitrogens with zero attached hydrogens (tertiary/aromatic N) is 3. The van der Waals surface area contributed by atoms with E-state index in [4.69, 9.17) is 0 Å². The highest BCUT2D eigenvalue weighted by Gasteiger charge is 2.27. The maximum absolute atomic E-state index is 12.0. The molecule has 0 amide bonds. The van der Waals surface area contributed by atoms with E-state index in [9.17, 15) is 9.90 Å². The molecule has 2 N–H and O–H groups in total. The third kappa shape index (κ3) is 2.79. The maximum atomic E-state index is 12.0. The monoisotopic (exact) mass is 266 g/mol. The van der Waals surface area contributed by atoms with Gasteiger partial charge in [-0.1, -0.05) is 13.8 Å². The van der Waals surface area contributed by atoms with Crippen molar-refractivity contribution < 1.29 is 5.11 Å². The Hall–Kier alpha value is -1.40. The Morgan fingerprint density at radius 2 is 2.05 bits per heavy atom. The molecule has 1 aromatic rings. The molecule has 1 aliphatic heterocycles. The van der Waals surface area contributed by atoms with Gasteiger partial charge in [-0.05, 0) is 20.0 Å². The fourth-order valence-corrected chi connectivity index (χ4v) is 2.47. The summed E-state index contributed by atoms with van der Waals surface area (Å²) < 4.78 is 0. The highest BCUT2D eigenvalue weighted by molar-refractivity contribution is 5.26. The highest BCUT2D eigenvalue weighted by atomic mass is 16.3. The van der Waals surface area contributed by atoms with Gasteiger partial charge in [0.1, 0.15) is 5.82 Å². The van der Waals surface area contributed by atoms with Crippen LogP contribution in [0.25, 0.3) is 0 Å². The quantitative estimate of drug-likeness (QED) is 0.816. The van der Waals surface area contributed by atoms with Gasteiger partial charge in [-0.25, -0.2) is 0 Å². The molecule has 106 valence electrons. The molecule has 1 fully saturated rings. The van der Waals surface area contributed by atoms with Crippen molar-refractivity contribution in [3.8, 4) is 5.88 Å². The molecular formula is C13H22N4O2. The molecule has 0 aliphatic carbocycles. The van der Waals surface area contributed by atoms with Gasteiger partial charge in [-0.15, -0.1) is 0 Å². The van der Waals surface area contributed by atoms with Gasteiger partial charge in [-0.2, -0.15) is 4.98 Å². The van der Waals surface area contributed by atoms with Crippen LogP contribution in [0.15, 0.2) is 4.79 Å². The van der Waals surface area contributed by atoms with Crippen LogP contribution >= 0.6 is 0 Å². The lowest BCUT2D eigenvalue weighted by molar-refractivity contribution is 0.109. The Morgan fingerprint density at radius 1 is 1.37 bits per heavy atom. The summed E-state index contributed by atoms with van der Waals surface area (Å²) in [6, 6.07) is 0.0126. The van der Waals surface area contributed by atoms with Crippen LogP contribution in [-0.2, 0) is 0 Å². The molecule has 2 rings (SSSR count). The number of likely N-dealkylation sites (N-methyl/N-ethyl adjacent to an activating group) is 2. The van der Waals surface area contributed by atoms with Crippen LogP contribution in [0.4, 0.5) is 0 Å². The van der Waals surface area contributed by atoms with Crippen LogP contribution in [0.3, 0.4) is 0 Å². The lowest BCUT2D eigenvalue weighted by Crippen LogP contribution is -2.45. The SMILES string of the molecule is CC(C)c1c(O)nc(C2CN(C)CCN2C)[nH]c1=O. The highest BCUT2D eigenvalue weighted by Crippen LogP contribution is 2.24. The fraction of sp³-hybridized carbons (Fsp3) is 0.692. The number of aromatic amines is 1. The number of aromatic hydroxyl groups is 1. The van der Waals surface area contributed by atoms with Crippen LogP contribution in [0.2, 0.25) is 0 Å². The van der Waals surface area contributed by atoms with E-state index in [1.54, 1.807) is 0 Å². The van der Waals surface area contributed by atoms with Crippen molar-refractivity contribution in [1.29, 1.82) is 0 Å². The van der Waals surface area contributed by atoms with Crippen molar-refractivity contribution >= 4 is 0 Å². The number of H-pyrrole nitrogens is 1. The van der Waals surface area contributed by atoms with Crippen molar-refractivity contribution in [3.05, 3.63) is 21.7 Å². The minimum atomic E-state index is -0.237. The van der Waals surface area contributed by atoms with Crippen molar-refractivity contribution in [1.82, 2.24) is 19.8 Å². The van der Waals surface area contributed by atoms with E-state index in [0.717, 1.165) is 19.6 Å². The second-order valence-corrected chi connectivity index (χ2v) is 5.60. The first-order valence-electron chi connectivity index (χ1n) is 6.62. The lowest BCUT2D eigenvalue weighted by atomic mass is 10.1. The van der Waals surface area contributed by atoms with Crippen molar-refractivity contribution in [2.45, 2.75) is 25.8 Å². The first kappa shape index (κ1) is 14.0. The maximum Gasteiger partial charge on any atom is 0.258 e. The summed E-state index contributed by atoms with van der Waals surface area (Å²) in [7, 11) is 4.05. The molecule has 1 unspecified atom stereocenters. The van der Waals surface area contributed by atoms with E-state index < -0.39 is 0 Å². The Morgan fingerprint density at radius 3 is 2.63 bits per heavy atom. The minimum absolute atomic E-state index is 0.0126. The van der Waals surface area contributed by atoms with E-state index >= 15 is 0 Å². The molecule has 19 heavy (non-hydrogen) atoms. The molecule has 1 atom stereocenters. The summed E-state index contributed by atoms with van der Waals surface area (Å²) in [5, 5.41) is 9.96. The second kappa shape index (κ2) is 5.30. The van der Waals surface area contributed by atoms with Crippen LogP contribution in [0.5, 0.6) is 5.88 Å². The van der Waals surface area contributed by atoms with Crippen LogP contribution < -0.4 is 5.56 Å². The molecule has 2 heterocycles. The smallest absolute Gasteiger partial charge is 0.258 e. The van der Waals surface area contributed by atoms with Gasteiger partial charge in [0, 0.05) is 19.6 Å². The second-order valence-electron chi connectivity index (χ2n) is 5.60. The summed E-state index contributed by atoms with van der Waals surface area (Å²) in [5.41, 5.74) is 0.120. The molecular weight excluding hydrogens is 244 g/mol. The predicted octanol–water partition coefficient (Wildman–Crippen LogP) is 0.517. The molecule has 1 saturated heterocycles. The number of aromatic nitrogens is 2. The van der Waals surface area contributed by atoms with E-state index in [-0.39, 0.29) is 23.4 Å². The number of rotatable bonds is 2. The Bertz CT molecular complexity index is 512. The van der Waals surface area contributed by atoms with E-state index in [1.807, 2.05) is 27.9 Å². The normalized spacial score (nSPS) is 22.1. The number of hydrogen-bond acceptors (Lipinski definition) is 5. The summed E-state index contributed by atoms with van der Waals surface area (Å²) in [6.07, 6.45) is 0. The Labute approximate surface area is 113 Å². The molecule has 0 bridgehead atoms. The summed E-state index contributed by atoms with van der Waals surface area (Å²) in [5.74, 6) is 0.355. The number of nitrogens with one attached hydrogen (secondary N) is 1. The topological polar surface area (TPSA) is 72.5 Å². The van der Waals surface area contributed by atoms with Gasteiger partial charge in [0.2, 0.25) is 5.88 Å². The first-order valence-corrected chi connectivity index (χ1v) is 6.62. The molecule has 0 spiro atoms. The van der Waals surface area contributed by atoms with Crippen molar-refractivity contribution in [3.63, 3.8) is 0 Å². The van der Waals surface area contributed by atoms with Gasteiger partial charge in [0.15, 0.2) is 0 Å². The number of hydrogen-bond donors (Lipinski definition) is 2. The lowest BCUT2D eigenvalue weighted by Gasteiger charge is -2.36. The molecule has 0 radical (unpaired) electrons. The van der Waals surface area contributed by atoms with Gasteiger partial charge in [-0.3, -0.25) is 9.69 Å². The van der Waals surface area contributed by atoms with E-state index in [1.165, 1.54) is 0 Å². The largest absolute Gasteiger partial charge is 0.493 e. The average molecular weight is 266 g/mol. The fourth-order valence-electron chi connectivity index (χ4n) is 2.47. The molecule has 1 aromatic heterocycles. The van der Waals surface area contributed by atoms with Gasteiger partial charge >= 0.3 is 0 Å². The standard InChI is InChI=1S/C13H22N4O2/c1-8(2)10-12(18)14-11(15-13(10)19)9-7-16(3)5-6-17(9)4/h8-9H,5-7H2,1-4H3,(H2,14,15,18,19). The van der Waals surface area contributed by atoms with E-state index in [2.05, 4.69) is 19.8 Å². The van der Waals surface area contributed by atoms with Gasteiger partial charge < -0.3 is 15.0 Å². The third-order valence-electron chi connectivity index (χ3n) is 3.70. The predicted molar refractivity (Wildman–Crippen MR) is 73.5 cm³/mol. The molecule has 6 heteroatoms. The van der Waals surface area contributed by atoms with Crippen molar-refractivity contribution in [2.24, 2.45) is 0 Å². The van der Waals surface area contributed by atoms with Crippen LogP contribution in [0, 0.1) is 0 Å². The van der Waals surface area contributed by atoms with E-state index in [0.29, 0.717) is 11.4 Å². The van der Waals surface area contributed by atoms with Crippen molar-refractivity contribution in [2.75, 3.05) is 33.7 Å². The summed E-state index contributed by atoms with van der Waals surface area (Å²) in [4.78, 5) is 23.4. The van der Waals surface area contributed by atoms with Crippen LogP contribution in [0.1, 0.15) is 37.2 Å². The summed E-state index contributed by atoms with van der Waals surface area (Å²) >= 11 is 0. The first-order chi connectivity index (χ1) is 8.90. The zero-order chi connectivity index (χ0) is 14.2. The third-order valence-corrected chi connectivity index (χ3v) is 3.70. The Balaban J connectivity index is 2.38. The van der Waals surface area contributed by atoms with Gasteiger partial charge in [0.25, 0.3) is 5.56 Å².